The maximum atomic E-state index is 8.97. The molecule has 0 bridgehead atoms. The number of hydrogen-bond acceptors (Lipinski definition) is 7. The normalized spacial score (nSPS) is 11.6. The van der Waals surface area contributed by atoms with E-state index in [1.165, 1.54) is 6.33 Å². The minimum absolute atomic E-state index is 0.238. The first-order chi connectivity index (χ1) is 12.3. The van der Waals surface area contributed by atoms with Gasteiger partial charge in [0.2, 0.25) is 6.79 Å². The Hall–Kier alpha value is -3.79. The van der Waals surface area contributed by atoms with Gasteiger partial charge in [0, 0.05) is 23.5 Å². The van der Waals surface area contributed by atoms with Crippen LogP contribution in [0.4, 0.5) is 23.0 Å². The van der Waals surface area contributed by atoms with Gasteiger partial charge in [0.15, 0.2) is 11.5 Å². The molecule has 3 aromatic rings. The number of anilines is 4. The zero-order chi connectivity index (χ0) is 17.1. The number of nitriles is 1. The third-order valence-corrected chi connectivity index (χ3v) is 3.58. The number of hydrogen-bond donors (Lipinski definition) is 2. The van der Waals surface area contributed by atoms with Crippen molar-refractivity contribution in [3.8, 4) is 17.6 Å². The van der Waals surface area contributed by atoms with Crippen molar-refractivity contribution in [3.63, 3.8) is 0 Å². The Bertz CT molecular complexity index is 968. The largest absolute Gasteiger partial charge is 0.454 e. The summed E-state index contributed by atoms with van der Waals surface area (Å²) in [4.78, 5) is 8.42. The van der Waals surface area contributed by atoms with Gasteiger partial charge in [0.1, 0.15) is 18.0 Å². The SMILES string of the molecule is N#Cc1cccc(Nc2cc(Nc3ccc4c(c3)OCO4)ncn2)c1. The van der Waals surface area contributed by atoms with Crippen LogP contribution in [0.15, 0.2) is 54.9 Å². The third-order valence-electron chi connectivity index (χ3n) is 3.58. The van der Waals surface area contributed by atoms with Crippen LogP contribution >= 0.6 is 0 Å². The third kappa shape index (κ3) is 3.28. The Kier molecular flexibility index (Phi) is 3.77. The maximum absolute atomic E-state index is 8.97. The van der Waals surface area contributed by atoms with E-state index in [4.69, 9.17) is 14.7 Å². The van der Waals surface area contributed by atoms with Crippen molar-refractivity contribution in [1.82, 2.24) is 9.97 Å². The highest BCUT2D eigenvalue weighted by atomic mass is 16.7. The van der Waals surface area contributed by atoms with E-state index in [1.54, 1.807) is 18.2 Å². The number of benzene rings is 2. The molecular weight excluding hydrogens is 318 g/mol. The van der Waals surface area contributed by atoms with Crippen molar-refractivity contribution in [2.75, 3.05) is 17.4 Å². The van der Waals surface area contributed by atoms with Crippen LogP contribution in [0.5, 0.6) is 11.5 Å². The quantitative estimate of drug-likeness (QED) is 0.755. The van der Waals surface area contributed by atoms with Crippen molar-refractivity contribution in [1.29, 1.82) is 5.26 Å². The summed E-state index contributed by atoms with van der Waals surface area (Å²) in [5.41, 5.74) is 2.20. The highest BCUT2D eigenvalue weighted by Gasteiger charge is 2.13. The first kappa shape index (κ1) is 14.8. The highest BCUT2D eigenvalue weighted by Crippen LogP contribution is 2.35. The molecule has 2 aromatic carbocycles. The predicted molar refractivity (Wildman–Crippen MR) is 92.3 cm³/mol. The average molecular weight is 331 g/mol. The summed E-state index contributed by atoms with van der Waals surface area (Å²) in [6.45, 7) is 0.238. The van der Waals surface area contributed by atoms with Crippen LogP contribution in [0.2, 0.25) is 0 Å². The number of rotatable bonds is 4. The van der Waals surface area contributed by atoms with Crippen molar-refractivity contribution < 1.29 is 9.47 Å². The van der Waals surface area contributed by atoms with E-state index in [9.17, 15) is 0 Å². The average Bonchev–Trinajstić information content (AvgIpc) is 3.10. The topological polar surface area (TPSA) is 92.1 Å². The molecule has 0 unspecified atom stereocenters. The second-order valence-electron chi connectivity index (χ2n) is 5.30. The van der Waals surface area contributed by atoms with Crippen molar-refractivity contribution in [2.24, 2.45) is 0 Å². The molecular formula is C18H13N5O2. The van der Waals surface area contributed by atoms with Gasteiger partial charge >= 0.3 is 0 Å². The van der Waals surface area contributed by atoms with E-state index in [0.717, 1.165) is 17.1 Å². The van der Waals surface area contributed by atoms with Crippen LogP contribution in [-0.4, -0.2) is 16.8 Å². The molecule has 0 saturated carbocycles. The number of nitrogens with zero attached hydrogens (tertiary/aromatic N) is 3. The van der Waals surface area contributed by atoms with E-state index in [0.29, 0.717) is 22.9 Å². The number of fused-ring (bicyclic) bond motifs is 1. The van der Waals surface area contributed by atoms with Gasteiger partial charge in [-0.05, 0) is 30.3 Å². The summed E-state index contributed by atoms with van der Waals surface area (Å²) >= 11 is 0. The second kappa shape index (κ2) is 6.37. The van der Waals surface area contributed by atoms with Gasteiger partial charge in [-0.1, -0.05) is 6.07 Å². The lowest BCUT2D eigenvalue weighted by molar-refractivity contribution is 0.174. The standard InChI is InChI=1S/C18H13N5O2/c19-9-12-2-1-3-13(6-12)22-17-8-18(21-10-20-17)23-14-4-5-15-16(7-14)25-11-24-15/h1-8,10H,11H2,(H2,20,21,22,23). The van der Waals surface area contributed by atoms with Crippen molar-refractivity contribution >= 4 is 23.0 Å². The predicted octanol–water partition coefficient (Wildman–Crippen LogP) is 3.56. The summed E-state index contributed by atoms with van der Waals surface area (Å²) in [5.74, 6) is 2.68. The van der Waals surface area contributed by atoms with Gasteiger partial charge in [0.25, 0.3) is 0 Å². The Morgan fingerprint density at radius 3 is 2.44 bits per heavy atom. The molecule has 7 nitrogen and oxygen atoms in total. The molecule has 4 rings (SSSR count). The fourth-order valence-electron chi connectivity index (χ4n) is 2.43. The van der Waals surface area contributed by atoms with Gasteiger partial charge in [-0.2, -0.15) is 5.26 Å². The lowest BCUT2D eigenvalue weighted by Gasteiger charge is -2.09. The zero-order valence-electron chi connectivity index (χ0n) is 13.1. The van der Waals surface area contributed by atoms with Gasteiger partial charge in [-0.25, -0.2) is 9.97 Å². The highest BCUT2D eigenvalue weighted by molar-refractivity contribution is 5.65. The minimum Gasteiger partial charge on any atom is -0.454 e. The maximum Gasteiger partial charge on any atom is 0.231 e. The van der Waals surface area contributed by atoms with Crippen LogP contribution in [0.1, 0.15) is 5.56 Å². The monoisotopic (exact) mass is 331 g/mol. The summed E-state index contributed by atoms with van der Waals surface area (Å²) in [7, 11) is 0. The second-order valence-corrected chi connectivity index (χ2v) is 5.30. The van der Waals surface area contributed by atoms with E-state index < -0.39 is 0 Å². The molecule has 0 spiro atoms. The smallest absolute Gasteiger partial charge is 0.231 e. The van der Waals surface area contributed by atoms with Crippen LogP contribution in [0.3, 0.4) is 0 Å². The molecule has 1 aromatic heterocycles. The molecule has 25 heavy (non-hydrogen) atoms. The molecule has 0 radical (unpaired) electrons. The number of ether oxygens (including phenoxy) is 2. The molecule has 1 aliphatic rings. The first-order valence-corrected chi connectivity index (χ1v) is 7.56. The number of nitrogens with one attached hydrogen (secondary N) is 2. The Balaban J connectivity index is 1.52. The van der Waals surface area contributed by atoms with E-state index in [-0.39, 0.29) is 6.79 Å². The molecule has 1 aliphatic heterocycles. The molecule has 2 heterocycles. The summed E-state index contributed by atoms with van der Waals surface area (Å²) in [6.07, 6.45) is 1.46. The molecule has 0 atom stereocenters. The van der Waals surface area contributed by atoms with E-state index >= 15 is 0 Å². The molecule has 0 amide bonds. The molecule has 0 fully saturated rings. The Labute approximate surface area is 143 Å². The Morgan fingerprint density at radius 1 is 0.880 bits per heavy atom. The summed E-state index contributed by atoms with van der Waals surface area (Å²) in [6, 6.07) is 16.7. The zero-order valence-corrected chi connectivity index (χ0v) is 13.1. The van der Waals surface area contributed by atoms with Gasteiger partial charge in [0.05, 0.1) is 11.6 Å². The van der Waals surface area contributed by atoms with Crippen molar-refractivity contribution in [2.45, 2.75) is 0 Å². The van der Waals surface area contributed by atoms with Crippen molar-refractivity contribution in [3.05, 3.63) is 60.4 Å². The van der Waals surface area contributed by atoms with Gasteiger partial charge in [-0.3, -0.25) is 0 Å². The first-order valence-electron chi connectivity index (χ1n) is 7.56. The van der Waals surface area contributed by atoms with Crippen LogP contribution in [-0.2, 0) is 0 Å². The van der Waals surface area contributed by atoms with Crippen LogP contribution < -0.4 is 20.1 Å². The fourth-order valence-corrected chi connectivity index (χ4v) is 2.43. The van der Waals surface area contributed by atoms with E-state index in [1.807, 2.05) is 30.3 Å². The molecule has 122 valence electrons. The Morgan fingerprint density at radius 2 is 1.64 bits per heavy atom. The van der Waals surface area contributed by atoms with E-state index in [2.05, 4.69) is 26.7 Å². The lowest BCUT2D eigenvalue weighted by Crippen LogP contribution is -1.98. The fraction of sp³-hybridized carbons (Fsp3) is 0.0556. The molecule has 7 heteroatoms. The summed E-state index contributed by atoms with van der Waals surface area (Å²) in [5, 5.41) is 15.3. The van der Waals surface area contributed by atoms with Gasteiger partial charge < -0.3 is 20.1 Å². The van der Waals surface area contributed by atoms with Crippen LogP contribution in [0, 0.1) is 11.3 Å². The van der Waals surface area contributed by atoms with Gasteiger partial charge in [-0.15, -0.1) is 0 Å². The van der Waals surface area contributed by atoms with Crippen LogP contribution in [0.25, 0.3) is 0 Å². The molecule has 0 saturated heterocycles. The molecule has 2 N–H and O–H groups in total. The lowest BCUT2D eigenvalue weighted by atomic mass is 10.2. The summed E-state index contributed by atoms with van der Waals surface area (Å²) < 4.78 is 10.7. The number of aromatic nitrogens is 2. The molecule has 0 aliphatic carbocycles. The minimum atomic E-state index is 0.238.